The first-order chi connectivity index (χ1) is 10.0. The molecule has 0 amide bonds. The van der Waals surface area contributed by atoms with Crippen molar-refractivity contribution in [3.63, 3.8) is 0 Å². The maximum Gasteiger partial charge on any atom is 0.127 e. The van der Waals surface area contributed by atoms with Gasteiger partial charge in [-0.3, -0.25) is 0 Å². The van der Waals surface area contributed by atoms with Gasteiger partial charge in [-0.1, -0.05) is 66.5 Å². The molecule has 0 aliphatic carbocycles. The highest BCUT2D eigenvalue weighted by Gasteiger charge is 2.29. The van der Waals surface area contributed by atoms with Crippen LogP contribution in [0.2, 0.25) is 0 Å². The summed E-state index contributed by atoms with van der Waals surface area (Å²) in [6, 6.07) is 13.6. The van der Waals surface area contributed by atoms with Gasteiger partial charge in [-0.05, 0) is 29.7 Å². The third kappa shape index (κ3) is 3.70. The van der Waals surface area contributed by atoms with Crippen molar-refractivity contribution >= 4 is 15.9 Å². The van der Waals surface area contributed by atoms with Crippen LogP contribution in [0.5, 0.6) is 0 Å². The fourth-order valence-corrected chi connectivity index (χ4v) is 3.81. The van der Waals surface area contributed by atoms with E-state index in [9.17, 15) is 8.78 Å². The van der Waals surface area contributed by atoms with Crippen molar-refractivity contribution in [3.05, 3.63) is 71.3 Å². The Hall–Kier alpha value is -1.22. The first kappa shape index (κ1) is 16.2. The van der Waals surface area contributed by atoms with Crippen molar-refractivity contribution in [1.29, 1.82) is 0 Å². The quantitative estimate of drug-likeness (QED) is 0.559. The third-order valence-corrected chi connectivity index (χ3v) is 5.07. The second kappa shape index (κ2) is 7.17. The van der Waals surface area contributed by atoms with Crippen LogP contribution in [0.15, 0.2) is 48.5 Å². The molecule has 2 rings (SSSR count). The lowest BCUT2D eigenvalue weighted by Gasteiger charge is -2.29. The van der Waals surface area contributed by atoms with Crippen LogP contribution >= 0.6 is 15.9 Å². The van der Waals surface area contributed by atoms with Crippen LogP contribution in [0, 0.1) is 17.6 Å². The second-order valence-corrected chi connectivity index (χ2v) is 6.38. The molecule has 0 N–H and O–H groups in total. The fraction of sp³-hybridized carbons (Fsp3) is 0.333. The minimum atomic E-state index is -0.410. The summed E-state index contributed by atoms with van der Waals surface area (Å²) in [5.74, 6) is -0.346. The van der Waals surface area contributed by atoms with Crippen LogP contribution in [0.25, 0.3) is 0 Å². The van der Waals surface area contributed by atoms with Crippen molar-refractivity contribution in [1.82, 2.24) is 0 Å². The zero-order valence-corrected chi connectivity index (χ0v) is 13.8. The number of halogens is 3. The van der Waals surface area contributed by atoms with E-state index in [-0.39, 0.29) is 16.6 Å². The van der Waals surface area contributed by atoms with Gasteiger partial charge in [0.25, 0.3) is 0 Å². The highest BCUT2D eigenvalue weighted by molar-refractivity contribution is 9.09. The Morgan fingerprint density at radius 2 is 1.71 bits per heavy atom. The molecule has 0 nitrogen and oxygen atoms in total. The molecule has 0 fully saturated rings. The molecule has 0 saturated carbocycles. The van der Waals surface area contributed by atoms with Gasteiger partial charge in [0.15, 0.2) is 0 Å². The summed E-state index contributed by atoms with van der Waals surface area (Å²) in [5, 5.41) is 0. The monoisotopic (exact) mass is 352 g/mol. The van der Waals surface area contributed by atoms with E-state index in [4.69, 9.17) is 0 Å². The smallest absolute Gasteiger partial charge is 0.127 e. The first-order valence-corrected chi connectivity index (χ1v) is 8.10. The van der Waals surface area contributed by atoms with Crippen molar-refractivity contribution in [3.8, 4) is 0 Å². The Balaban J connectivity index is 2.43. The lowest BCUT2D eigenvalue weighted by atomic mass is 9.81. The van der Waals surface area contributed by atoms with Crippen LogP contribution in [-0.4, -0.2) is 0 Å². The molecule has 3 atom stereocenters. The van der Waals surface area contributed by atoms with Gasteiger partial charge < -0.3 is 0 Å². The standard InChI is InChI=1S/C18H19BrF2/c1-3-12(2)17(13-7-5-4-6-8-13)18(19)15-11-14(20)9-10-16(15)21/h4-12,17-18H,3H2,1-2H3. The summed E-state index contributed by atoms with van der Waals surface area (Å²) in [6.45, 7) is 4.26. The predicted molar refractivity (Wildman–Crippen MR) is 86.7 cm³/mol. The molecule has 2 aromatic rings. The molecular formula is C18H19BrF2. The van der Waals surface area contributed by atoms with Crippen molar-refractivity contribution < 1.29 is 8.78 Å². The fourth-order valence-electron chi connectivity index (χ4n) is 2.63. The number of alkyl halides is 1. The van der Waals surface area contributed by atoms with Crippen LogP contribution in [0.1, 0.15) is 42.1 Å². The molecule has 0 aliphatic rings. The summed E-state index contributed by atoms with van der Waals surface area (Å²) in [7, 11) is 0. The van der Waals surface area contributed by atoms with E-state index in [1.54, 1.807) is 0 Å². The highest BCUT2D eigenvalue weighted by Crippen LogP contribution is 2.44. The molecule has 0 aliphatic heterocycles. The molecule has 3 heteroatoms. The van der Waals surface area contributed by atoms with E-state index >= 15 is 0 Å². The number of benzene rings is 2. The van der Waals surface area contributed by atoms with Gasteiger partial charge in [-0.2, -0.15) is 0 Å². The molecule has 0 spiro atoms. The topological polar surface area (TPSA) is 0 Å². The molecule has 0 saturated heterocycles. The van der Waals surface area contributed by atoms with E-state index in [1.165, 1.54) is 12.1 Å². The lowest BCUT2D eigenvalue weighted by Crippen LogP contribution is -2.15. The van der Waals surface area contributed by atoms with Gasteiger partial charge in [-0.25, -0.2) is 8.78 Å². The van der Waals surface area contributed by atoms with Gasteiger partial charge in [0.2, 0.25) is 0 Å². The Bertz CT molecular complexity index is 583. The van der Waals surface area contributed by atoms with Gasteiger partial charge in [-0.15, -0.1) is 0 Å². The van der Waals surface area contributed by atoms with Gasteiger partial charge >= 0.3 is 0 Å². The van der Waals surface area contributed by atoms with E-state index in [0.29, 0.717) is 11.5 Å². The van der Waals surface area contributed by atoms with E-state index in [1.807, 2.05) is 30.3 Å². The summed E-state index contributed by atoms with van der Waals surface area (Å²) < 4.78 is 27.5. The molecule has 0 radical (unpaired) electrons. The Kier molecular flexibility index (Phi) is 5.51. The van der Waals surface area contributed by atoms with Crippen molar-refractivity contribution in [2.75, 3.05) is 0 Å². The highest BCUT2D eigenvalue weighted by atomic mass is 79.9. The van der Waals surface area contributed by atoms with Crippen LogP contribution in [-0.2, 0) is 0 Å². The Morgan fingerprint density at radius 1 is 1.05 bits per heavy atom. The maximum atomic E-state index is 14.1. The molecular weight excluding hydrogens is 334 g/mol. The van der Waals surface area contributed by atoms with E-state index in [0.717, 1.165) is 18.1 Å². The minimum absolute atomic E-state index is 0.0903. The second-order valence-electron chi connectivity index (χ2n) is 5.39. The number of rotatable bonds is 5. The van der Waals surface area contributed by atoms with Gasteiger partial charge in [0.1, 0.15) is 11.6 Å². The maximum absolute atomic E-state index is 14.1. The first-order valence-electron chi connectivity index (χ1n) is 7.18. The number of hydrogen-bond acceptors (Lipinski definition) is 0. The van der Waals surface area contributed by atoms with Crippen LogP contribution in [0.4, 0.5) is 8.78 Å². The molecule has 3 unspecified atom stereocenters. The predicted octanol–water partition coefficient (Wildman–Crippen LogP) is 6.23. The summed E-state index contributed by atoms with van der Waals surface area (Å²) >= 11 is 3.61. The van der Waals surface area contributed by atoms with Crippen LogP contribution < -0.4 is 0 Å². The van der Waals surface area contributed by atoms with Gasteiger partial charge in [0, 0.05) is 16.3 Å². The minimum Gasteiger partial charge on any atom is -0.207 e. The zero-order valence-electron chi connectivity index (χ0n) is 12.2. The summed E-state index contributed by atoms with van der Waals surface area (Å²) in [6.07, 6.45) is 0.971. The average molecular weight is 353 g/mol. The largest absolute Gasteiger partial charge is 0.207 e. The molecule has 0 heterocycles. The average Bonchev–Trinajstić information content (AvgIpc) is 2.50. The SMILES string of the molecule is CCC(C)C(c1ccccc1)C(Br)c1cc(F)ccc1F. The molecule has 112 valence electrons. The number of hydrogen-bond donors (Lipinski definition) is 0. The molecule has 21 heavy (non-hydrogen) atoms. The summed E-state index contributed by atoms with van der Waals surface area (Å²) in [4.78, 5) is -0.259. The third-order valence-electron chi connectivity index (χ3n) is 4.01. The lowest BCUT2D eigenvalue weighted by molar-refractivity contribution is 0.433. The van der Waals surface area contributed by atoms with Crippen molar-refractivity contribution in [2.45, 2.75) is 31.0 Å². The molecule has 0 aromatic heterocycles. The van der Waals surface area contributed by atoms with Crippen LogP contribution in [0.3, 0.4) is 0 Å². The van der Waals surface area contributed by atoms with E-state index < -0.39 is 5.82 Å². The molecule has 0 bridgehead atoms. The van der Waals surface area contributed by atoms with Gasteiger partial charge in [0.05, 0.1) is 0 Å². The normalized spacial score (nSPS) is 15.5. The Morgan fingerprint density at radius 3 is 2.33 bits per heavy atom. The van der Waals surface area contributed by atoms with E-state index in [2.05, 4.69) is 29.8 Å². The molecule has 2 aromatic carbocycles. The van der Waals surface area contributed by atoms with Crippen molar-refractivity contribution in [2.24, 2.45) is 5.92 Å². The zero-order chi connectivity index (χ0) is 15.4. The summed E-state index contributed by atoms with van der Waals surface area (Å²) in [5.41, 5.74) is 1.52. The Labute approximate surface area is 133 Å².